The van der Waals surface area contributed by atoms with E-state index in [0.29, 0.717) is 0 Å². The molecule has 0 atom stereocenters. The van der Waals surface area contributed by atoms with E-state index in [9.17, 15) is 0 Å². The summed E-state index contributed by atoms with van der Waals surface area (Å²) < 4.78 is 2.05. The van der Waals surface area contributed by atoms with Gasteiger partial charge in [-0.05, 0) is 0 Å². The first-order valence-corrected chi connectivity index (χ1v) is 7.99. The van der Waals surface area contributed by atoms with Crippen LogP contribution in [0, 0.1) is 0 Å². The topological polar surface area (TPSA) is 20.7 Å². The van der Waals surface area contributed by atoms with E-state index in [0.717, 1.165) is 39.4 Å². The van der Waals surface area contributed by atoms with Gasteiger partial charge in [0.1, 0.15) is 0 Å². The number of aromatic amines is 1. The highest BCUT2D eigenvalue weighted by Gasteiger charge is 2.07. The lowest BCUT2D eigenvalue weighted by Crippen LogP contribution is -2.27. The smallest absolute Gasteiger partial charge is 0.192 e. The lowest BCUT2D eigenvalue weighted by Gasteiger charge is -2.02. The fourth-order valence-electron chi connectivity index (χ4n) is 3.48. The van der Waals surface area contributed by atoms with Crippen LogP contribution in [0.1, 0.15) is 0 Å². The molecule has 0 radical (unpaired) electrons. The van der Waals surface area contributed by atoms with Gasteiger partial charge in [-0.25, -0.2) is 0 Å². The first-order valence-electron chi connectivity index (χ1n) is 7.99. The summed E-state index contributed by atoms with van der Waals surface area (Å²) in [6.45, 7) is 16.4. The lowest BCUT2D eigenvalue weighted by atomic mass is 9.63. The molecule has 4 rings (SSSR count). The maximum atomic E-state index is 4.18. The highest BCUT2D eigenvalue weighted by molar-refractivity contribution is 6.67. The molecule has 0 unspecified atom stereocenters. The van der Waals surface area contributed by atoms with Crippen molar-refractivity contribution in [3.05, 3.63) is 57.8 Å². The summed E-state index contributed by atoms with van der Waals surface area (Å²) in [5, 5.41) is 8.53. The molecule has 0 aliphatic heterocycles. The maximum absolute atomic E-state index is 4.18. The molecule has 2 aromatic carbocycles. The number of hydrogen-bond donors (Lipinski definition) is 1. The van der Waals surface area contributed by atoms with E-state index in [1.165, 1.54) is 21.7 Å². The predicted octanol–water partition coefficient (Wildman–Crippen LogP) is -0.312. The molecule has 0 saturated carbocycles. The summed E-state index contributed by atoms with van der Waals surface area (Å²) in [5.74, 6) is 0. The Bertz CT molecular complexity index is 1310. The average molecular weight is 310 g/mol. The first kappa shape index (κ1) is 14.6. The summed E-state index contributed by atoms with van der Waals surface area (Å²) >= 11 is 0. The highest BCUT2D eigenvalue weighted by atomic mass is 14.9. The van der Waals surface area contributed by atoms with Crippen LogP contribution >= 0.6 is 0 Å². The minimum atomic E-state index is 0.879. The zero-order chi connectivity index (χ0) is 17.0. The maximum Gasteiger partial charge on any atom is 0.192 e. The highest BCUT2D eigenvalue weighted by Crippen LogP contribution is 2.04. The molecule has 24 heavy (non-hydrogen) atoms. The molecule has 4 aromatic rings. The van der Waals surface area contributed by atoms with E-state index in [4.69, 9.17) is 0 Å². The summed E-state index contributed by atoms with van der Waals surface area (Å²) in [6.07, 6.45) is 0. The number of H-pyrrole nitrogens is 1. The average Bonchev–Trinajstić information content (AvgIpc) is 2.97. The Labute approximate surface area is 141 Å². The van der Waals surface area contributed by atoms with Gasteiger partial charge in [-0.15, -0.1) is 0 Å². The molecule has 2 heterocycles. The largest absolute Gasteiger partial charge is 0.355 e. The molecule has 2 nitrogen and oxygen atoms in total. The standard InChI is InChI=1S/C21H19BN2/c1-12-18-8-6-16(10-20(18)13(2)23-12)22-17-7-9-19-14(3)24(5)15(4)21(19)11-17/h6-11,22-23H,1-4H2,5H3. The third-order valence-corrected chi connectivity index (χ3v) is 4.96. The number of aromatic nitrogens is 2. The molecular weight excluding hydrogens is 291 g/mol. The van der Waals surface area contributed by atoms with Crippen LogP contribution in [0.15, 0.2) is 36.4 Å². The second kappa shape index (κ2) is 5.03. The minimum Gasteiger partial charge on any atom is -0.355 e. The Morgan fingerprint density at radius 2 is 1.29 bits per heavy atom. The van der Waals surface area contributed by atoms with Crippen molar-refractivity contribution in [2.45, 2.75) is 0 Å². The van der Waals surface area contributed by atoms with Crippen molar-refractivity contribution in [1.82, 2.24) is 9.55 Å². The summed E-state index contributed by atoms with van der Waals surface area (Å²) in [7, 11) is 2.89. The third kappa shape index (κ3) is 2.05. The minimum absolute atomic E-state index is 0.879. The summed E-state index contributed by atoms with van der Waals surface area (Å²) in [6, 6.07) is 13.0. The lowest BCUT2D eigenvalue weighted by molar-refractivity contribution is 0.871. The second-order valence-corrected chi connectivity index (χ2v) is 6.47. The van der Waals surface area contributed by atoms with E-state index in [1.807, 2.05) is 11.6 Å². The number of rotatable bonds is 2. The van der Waals surface area contributed by atoms with Crippen molar-refractivity contribution in [3.8, 4) is 0 Å². The fourth-order valence-corrected chi connectivity index (χ4v) is 3.48. The van der Waals surface area contributed by atoms with Gasteiger partial charge >= 0.3 is 0 Å². The van der Waals surface area contributed by atoms with Gasteiger partial charge in [0.25, 0.3) is 0 Å². The number of benzene rings is 2. The second-order valence-electron chi connectivity index (χ2n) is 6.47. The number of hydrogen-bond acceptors (Lipinski definition) is 0. The summed E-state index contributed by atoms with van der Waals surface area (Å²) in [5.41, 5.74) is 2.54. The molecule has 2 aromatic heterocycles. The van der Waals surface area contributed by atoms with Crippen LogP contribution in [0.2, 0.25) is 0 Å². The number of nitrogens with zero attached hydrogens (tertiary/aromatic N) is 1. The number of fused-ring (bicyclic) bond motifs is 2. The molecule has 0 fully saturated rings. The Kier molecular flexibility index (Phi) is 3.07. The van der Waals surface area contributed by atoms with Crippen molar-refractivity contribution >= 4 is 66.1 Å². The quantitative estimate of drug-likeness (QED) is 0.490. The zero-order valence-corrected chi connectivity index (χ0v) is 13.9. The van der Waals surface area contributed by atoms with Gasteiger partial charge in [0.05, 0.1) is 0 Å². The van der Waals surface area contributed by atoms with E-state index in [1.54, 1.807) is 0 Å². The molecule has 0 aliphatic carbocycles. The van der Waals surface area contributed by atoms with Crippen LogP contribution in [0.3, 0.4) is 0 Å². The Morgan fingerprint density at radius 1 is 0.750 bits per heavy atom. The van der Waals surface area contributed by atoms with Crippen LogP contribution in [-0.4, -0.2) is 16.8 Å². The third-order valence-electron chi connectivity index (χ3n) is 4.96. The van der Waals surface area contributed by atoms with Gasteiger partial charge < -0.3 is 9.55 Å². The molecule has 3 heteroatoms. The van der Waals surface area contributed by atoms with E-state index in [2.05, 4.69) is 67.7 Å². The monoisotopic (exact) mass is 310 g/mol. The first-order chi connectivity index (χ1) is 11.5. The molecule has 0 aliphatic rings. The summed E-state index contributed by atoms with van der Waals surface area (Å²) in [4.78, 5) is 3.21. The number of nitrogens with one attached hydrogen (secondary N) is 1. The van der Waals surface area contributed by atoms with Crippen LogP contribution in [0.25, 0.3) is 47.9 Å². The van der Waals surface area contributed by atoms with Gasteiger partial charge in [0, 0.05) is 50.0 Å². The van der Waals surface area contributed by atoms with E-state index in [-0.39, 0.29) is 0 Å². The molecule has 1 N–H and O–H groups in total. The fraction of sp³-hybridized carbons (Fsp3) is 0.0476. The normalized spacial score (nSPS) is 11.4. The van der Waals surface area contributed by atoms with Gasteiger partial charge in [-0.2, -0.15) is 0 Å². The van der Waals surface area contributed by atoms with Gasteiger partial charge in [0.15, 0.2) is 7.28 Å². The van der Waals surface area contributed by atoms with Crippen molar-refractivity contribution in [2.75, 3.05) is 0 Å². The molecule has 116 valence electrons. The van der Waals surface area contributed by atoms with Gasteiger partial charge in [-0.1, -0.05) is 73.6 Å². The van der Waals surface area contributed by atoms with Crippen LogP contribution in [0.4, 0.5) is 0 Å². The van der Waals surface area contributed by atoms with Crippen LogP contribution < -0.4 is 32.3 Å². The predicted molar refractivity (Wildman–Crippen MR) is 108 cm³/mol. The SMILES string of the molecule is C=c1[nH]c(=C)c2cc(Bc3ccc4c(=C)n(C)c(=C)c4c3)ccc12. The van der Waals surface area contributed by atoms with Crippen molar-refractivity contribution in [3.63, 3.8) is 0 Å². The van der Waals surface area contributed by atoms with Crippen molar-refractivity contribution in [2.24, 2.45) is 7.05 Å². The zero-order valence-electron chi connectivity index (χ0n) is 13.9. The van der Waals surface area contributed by atoms with E-state index < -0.39 is 0 Å². The molecule has 0 saturated heterocycles. The molecular formula is C21H19BN2. The van der Waals surface area contributed by atoms with Crippen molar-refractivity contribution in [1.29, 1.82) is 0 Å². The van der Waals surface area contributed by atoms with E-state index >= 15 is 0 Å². The Morgan fingerprint density at radius 3 is 2.00 bits per heavy atom. The van der Waals surface area contributed by atoms with Gasteiger partial charge in [0.2, 0.25) is 0 Å². The molecule has 0 amide bonds. The van der Waals surface area contributed by atoms with Crippen LogP contribution in [0.5, 0.6) is 0 Å². The Balaban J connectivity index is 1.82. The van der Waals surface area contributed by atoms with Gasteiger partial charge in [-0.3, -0.25) is 0 Å². The molecule has 0 spiro atoms. The van der Waals surface area contributed by atoms with Crippen molar-refractivity contribution < 1.29 is 0 Å². The molecule has 0 bridgehead atoms. The Hall–Kier alpha value is -2.94. The van der Waals surface area contributed by atoms with Crippen LogP contribution in [-0.2, 0) is 7.05 Å².